The van der Waals surface area contributed by atoms with Crippen LogP contribution in [0.5, 0.6) is 0 Å². The molecule has 2 unspecified atom stereocenters. The first-order valence-corrected chi connectivity index (χ1v) is 13.4. The molecule has 0 N–H and O–H groups in total. The van der Waals surface area contributed by atoms with E-state index in [-0.39, 0.29) is 36.0 Å². The monoisotopic (exact) mass is 564 g/mol. The minimum absolute atomic E-state index is 0.127. The minimum atomic E-state index is -4.19. The third kappa shape index (κ3) is 15.1. The number of ether oxygens (including phenoxy) is 4. The highest BCUT2D eigenvalue weighted by molar-refractivity contribution is 5.72. The second kappa shape index (κ2) is 16.5. The number of halogens is 6. The number of alkyl halides is 6. The number of hydrogen-bond donors (Lipinski definition) is 0. The van der Waals surface area contributed by atoms with Crippen LogP contribution in [-0.4, -0.2) is 61.9 Å². The fourth-order valence-corrected chi connectivity index (χ4v) is 4.79. The molecule has 0 aromatic heterocycles. The number of carbonyl (C=O) groups excluding carboxylic acids is 2. The van der Waals surface area contributed by atoms with Gasteiger partial charge in [0.2, 0.25) is 0 Å². The van der Waals surface area contributed by atoms with Crippen LogP contribution >= 0.6 is 0 Å². The van der Waals surface area contributed by atoms with Crippen LogP contribution in [-0.2, 0) is 28.5 Å². The maximum atomic E-state index is 12.2. The lowest BCUT2D eigenvalue weighted by Crippen LogP contribution is -2.31. The molecule has 6 nitrogen and oxygen atoms in total. The minimum Gasteiger partial charge on any atom is -0.466 e. The molecule has 0 bridgehead atoms. The van der Waals surface area contributed by atoms with E-state index >= 15 is 0 Å². The summed E-state index contributed by atoms with van der Waals surface area (Å²) in [5.41, 5.74) is 0. The summed E-state index contributed by atoms with van der Waals surface area (Å²) in [6.07, 6.45) is -7.28. The van der Waals surface area contributed by atoms with Gasteiger partial charge in [0, 0.05) is 0 Å². The molecule has 12 heteroatoms. The summed E-state index contributed by atoms with van der Waals surface area (Å²) >= 11 is 0. The lowest BCUT2D eigenvalue weighted by atomic mass is 9.87. The van der Waals surface area contributed by atoms with Crippen LogP contribution in [0, 0.1) is 11.8 Å². The summed E-state index contributed by atoms with van der Waals surface area (Å²) in [6.45, 7) is 7.10. The van der Waals surface area contributed by atoms with E-state index in [4.69, 9.17) is 18.9 Å². The molecule has 2 aliphatic carbocycles. The van der Waals surface area contributed by atoms with Crippen molar-refractivity contribution in [3.63, 3.8) is 0 Å². The molecule has 0 saturated heterocycles. The third-order valence-corrected chi connectivity index (χ3v) is 6.48. The fourth-order valence-electron chi connectivity index (χ4n) is 4.79. The molecule has 0 spiro atoms. The molecule has 0 aromatic rings. The maximum Gasteiger partial charge on any atom is 0.391 e. The zero-order chi connectivity index (χ0) is 28.9. The molecular formula is C26H42F6O6. The number of esters is 2. The summed E-state index contributed by atoms with van der Waals surface area (Å²) < 4.78 is 93.7. The second-order valence-corrected chi connectivity index (χ2v) is 9.98. The van der Waals surface area contributed by atoms with Crippen LogP contribution in [0.4, 0.5) is 26.3 Å². The first kappa shape index (κ1) is 34.5. The summed E-state index contributed by atoms with van der Waals surface area (Å²) in [7, 11) is 0. The van der Waals surface area contributed by atoms with Gasteiger partial charge in [-0.3, -0.25) is 9.59 Å². The van der Waals surface area contributed by atoms with Crippen molar-refractivity contribution in [2.24, 2.45) is 11.8 Å². The third-order valence-electron chi connectivity index (χ3n) is 6.48. The van der Waals surface area contributed by atoms with E-state index in [2.05, 4.69) is 0 Å². The number of rotatable bonds is 10. The quantitative estimate of drug-likeness (QED) is 0.212. The van der Waals surface area contributed by atoms with E-state index in [1.54, 1.807) is 13.8 Å². The highest BCUT2D eigenvalue weighted by Gasteiger charge is 2.34. The molecule has 38 heavy (non-hydrogen) atoms. The van der Waals surface area contributed by atoms with Crippen molar-refractivity contribution < 1.29 is 54.9 Å². The SMILES string of the molecule is CCOC(=O)C1CCC(OC(C)CC(F)(F)F)CC1.CCOC(=O)C1CCC(OC(C)CC(F)(F)F)CC1. The van der Waals surface area contributed by atoms with Gasteiger partial charge >= 0.3 is 24.3 Å². The largest absolute Gasteiger partial charge is 0.466 e. The Bertz CT molecular complexity index is 625. The molecule has 0 heterocycles. The van der Waals surface area contributed by atoms with Crippen molar-refractivity contribution in [3.05, 3.63) is 0 Å². The van der Waals surface area contributed by atoms with Gasteiger partial charge in [-0.15, -0.1) is 0 Å². The van der Waals surface area contributed by atoms with Gasteiger partial charge < -0.3 is 18.9 Å². The molecule has 2 aliphatic rings. The first-order valence-electron chi connectivity index (χ1n) is 13.4. The smallest absolute Gasteiger partial charge is 0.391 e. The topological polar surface area (TPSA) is 71.1 Å². The van der Waals surface area contributed by atoms with Crippen LogP contribution in [0.2, 0.25) is 0 Å². The Kier molecular flexibility index (Phi) is 15.0. The lowest BCUT2D eigenvalue weighted by molar-refractivity contribution is -0.169. The Morgan fingerprint density at radius 1 is 0.632 bits per heavy atom. The van der Waals surface area contributed by atoms with Crippen LogP contribution in [0.15, 0.2) is 0 Å². The molecule has 2 saturated carbocycles. The molecule has 2 atom stereocenters. The summed E-state index contributed by atoms with van der Waals surface area (Å²) in [4.78, 5) is 23.0. The average Bonchev–Trinajstić information content (AvgIpc) is 2.78. The van der Waals surface area contributed by atoms with Gasteiger partial charge in [-0.25, -0.2) is 0 Å². The average molecular weight is 565 g/mol. The Balaban J connectivity index is 0.000000380. The van der Waals surface area contributed by atoms with E-state index in [1.165, 1.54) is 13.8 Å². The van der Waals surface area contributed by atoms with Crippen molar-refractivity contribution in [1.82, 2.24) is 0 Å². The standard InChI is InChI=1S/2C13H21F3O3/c2*1-3-18-12(17)10-4-6-11(7-5-10)19-9(2)8-13(14,15)16/h2*9-11H,3-8H2,1-2H3. The van der Waals surface area contributed by atoms with Crippen molar-refractivity contribution in [3.8, 4) is 0 Å². The van der Waals surface area contributed by atoms with Gasteiger partial charge in [0.25, 0.3) is 0 Å². The predicted octanol–water partition coefficient (Wildman–Crippen LogP) is 6.93. The maximum absolute atomic E-state index is 12.2. The highest BCUT2D eigenvalue weighted by atomic mass is 19.4. The van der Waals surface area contributed by atoms with Gasteiger partial charge in [-0.05, 0) is 79.1 Å². The van der Waals surface area contributed by atoms with Gasteiger partial charge in [0.05, 0.1) is 62.3 Å². The number of hydrogen-bond acceptors (Lipinski definition) is 6. The van der Waals surface area contributed by atoms with Gasteiger partial charge in [0.15, 0.2) is 0 Å². The molecular weight excluding hydrogens is 522 g/mol. The summed E-state index contributed by atoms with van der Waals surface area (Å²) in [6, 6.07) is 0. The molecule has 2 fully saturated rings. The second-order valence-electron chi connectivity index (χ2n) is 9.98. The molecule has 0 amide bonds. The Morgan fingerprint density at radius 3 is 1.16 bits per heavy atom. The zero-order valence-corrected chi connectivity index (χ0v) is 22.7. The van der Waals surface area contributed by atoms with E-state index in [9.17, 15) is 35.9 Å². The molecule has 224 valence electrons. The van der Waals surface area contributed by atoms with E-state index in [0.29, 0.717) is 64.6 Å². The predicted molar refractivity (Wildman–Crippen MR) is 127 cm³/mol. The Hall–Kier alpha value is -1.56. The fraction of sp³-hybridized carbons (Fsp3) is 0.923. The van der Waals surface area contributed by atoms with Crippen molar-refractivity contribution in [2.45, 2.75) is 129 Å². The molecule has 0 aromatic carbocycles. The van der Waals surface area contributed by atoms with Crippen LogP contribution in [0.1, 0.15) is 91.9 Å². The first-order chi connectivity index (χ1) is 17.6. The Morgan fingerprint density at radius 2 is 0.921 bits per heavy atom. The van der Waals surface area contributed by atoms with E-state index in [1.807, 2.05) is 0 Å². The van der Waals surface area contributed by atoms with E-state index < -0.39 is 37.4 Å². The van der Waals surface area contributed by atoms with E-state index in [0.717, 1.165) is 0 Å². The Labute approximate surface area is 221 Å². The van der Waals surface area contributed by atoms with Crippen molar-refractivity contribution in [2.75, 3.05) is 13.2 Å². The number of carbonyl (C=O) groups is 2. The van der Waals surface area contributed by atoms with Crippen molar-refractivity contribution >= 4 is 11.9 Å². The van der Waals surface area contributed by atoms with Gasteiger partial charge in [0.1, 0.15) is 0 Å². The molecule has 0 radical (unpaired) electrons. The molecule has 0 aliphatic heterocycles. The van der Waals surface area contributed by atoms with Crippen LogP contribution < -0.4 is 0 Å². The zero-order valence-electron chi connectivity index (χ0n) is 22.7. The van der Waals surface area contributed by atoms with Crippen molar-refractivity contribution in [1.29, 1.82) is 0 Å². The van der Waals surface area contributed by atoms with Gasteiger partial charge in [-0.1, -0.05) is 0 Å². The summed E-state index contributed by atoms with van der Waals surface area (Å²) in [5.74, 6) is -0.663. The van der Waals surface area contributed by atoms with Crippen LogP contribution in [0.3, 0.4) is 0 Å². The molecule has 2 rings (SSSR count). The lowest BCUT2D eigenvalue weighted by Gasteiger charge is -2.29. The highest BCUT2D eigenvalue weighted by Crippen LogP contribution is 2.31. The van der Waals surface area contributed by atoms with Crippen LogP contribution in [0.25, 0.3) is 0 Å². The summed E-state index contributed by atoms with van der Waals surface area (Å²) in [5, 5.41) is 0. The van der Waals surface area contributed by atoms with Gasteiger partial charge in [-0.2, -0.15) is 26.3 Å². The normalized spacial score (nSPS) is 25.9.